The molecular formula is C17H34N2. The minimum Gasteiger partial charge on any atom is -0.329 e. The molecule has 0 aromatic rings. The van der Waals surface area contributed by atoms with Crippen LogP contribution < -0.4 is 5.73 Å². The highest BCUT2D eigenvalue weighted by molar-refractivity contribution is 4.98. The summed E-state index contributed by atoms with van der Waals surface area (Å²) in [4.78, 5) is 2.76. The van der Waals surface area contributed by atoms with E-state index < -0.39 is 0 Å². The number of likely N-dealkylation sites (tertiary alicyclic amines) is 1. The normalized spacial score (nSPS) is 35.1. The van der Waals surface area contributed by atoms with E-state index in [1.165, 1.54) is 64.5 Å². The molecule has 0 atom stereocenters. The van der Waals surface area contributed by atoms with E-state index in [0.717, 1.165) is 12.5 Å². The Balaban J connectivity index is 2.00. The molecule has 2 heteroatoms. The van der Waals surface area contributed by atoms with Gasteiger partial charge in [-0.3, -0.25) is 4.90 Å². The first-order valence-electron chi connectivity index (χ1n) is 8.43. The smallest absolute Gasteiger partial charge is 0.0331 e. The summed E-state index contributed by atoms with van der Waals surface area (Å²) in [6, 6.07) is 0. The van der Waals surface area contributed by atoms with Crippen LogP contribution in [0.2, 0.25) is 0 Å². The van der Waals surface area contributed by atoms with Crippen LogP contribution in [-0.4, -0.2) is 30.1 Å². The van der Waals surface area contributed by atoms with Gasteiger partial charge in [0.2, 0.25) is 0 Å². The van der Waals surface area contributed by atoms with E-state index in [9.17, 15) is 0 Å². The van der Waals surface area contributed by atoms with Gasteiger partial charge in [-0.15, -0.1) is 0 Å². The minimum atomic E-state index is 0.339. The van der Waals surface area contributed by atoms with E-state index >= 15 is 0 Å². The molecule has 1 aliphatic heterocycles. The Morgan fingerprint density at radius 3 is 1.95 bits per heavy atom. The first-order chi connectivity index (χ1) is 8.98. The summed E-state index contributed by atoms with van der Waals surface area (Å²) in [6.07, 6.45) is 11.0. The van der Waals surface area contributed by atoms with Crippen LogP contribution in [0.15, 0.2) is 0 Å². The Kier molecular flexibility index (Phi) is 4.94. The summed E-state index contributed by atoms with van der Waals surface area (Å²) >= 11 is 0. The molecule has 0 spiro atoms. The second-order valence-corrected chi connectivity index (χ2v) is 7.97. The van der Waals surface area contributed by atoms with Crippen LogP contribution in [0, 0.1) is 11.3 Å². The van der Waals surface area contributed by atoms with Crippen molar-refractivity contribution in [2.24, 2.45) is 17.1 Å². The van der Waals surface area contributed by atoms with Crippen molar-refractivity contribution in [2.75, 3.05) is 19.6 Å². The maximum atomic E-state index is 6.23. The molecule has 1 saturated carbocycles. The van der Waals surface area contributed by atoms with Crippen molar-refractivity contribution < 1.29 is 0 Å². The molecule has 19 heavy (non-hydrogen) atoms. The van der Waals surface area contributed by atoms with Gasteiger partial charge in [0.25, 0.3) is 0 Å². The van der Waals surface area contributed by atoms with E-state index in [-0.39, 0.29) is 0 Å². The molecule has 0 aromatic heterocycles. The second kappa shape index (κ2) is 6.13. The predicted octanol–water partition coefficient (Wildman–Crippen LogP) is 3.80. The maximum absolute atomic E-state index is 6.23. The zero-order valence-electron chi connectivity index (χ0n) is 13.4. The molecule has 0 bridgehead atoms. The number of hydrogen-bond donors (Lipinski definition) is 1. The molecule has 1 saturated heterocycles. The average Bonchev–Trinajstić information content (AvgIpc) is 2.67. The van der Waals surface area contributed by atoms with Crippen molar-refractivity contribution in [1.82, 2.24) is 4.90 Å². The molecule has 1 aliphatic carbocycles. The second-order valence-electron chi connectivity index (χ2n) is 7.97. The first-order valence-corrected chi connectivity index (χ1v) is 8.43. The molecule has 2 N–H and O–H groups in total. The molecule has 0 unspecified atom stereocenters. The van der Waals surface area contributed by atoms with Crippen molar-refractivity contribution in [3.63, 3.8) is 0 Å². The van der Waals surface area contributed by atoms with Crippen molar-refractivity contribution in [3.8, 4) is 0 Å². The third-order valence-corrected chi connectivity index (χ3v) is 5.80. The Hall–Kier alpha value is -0.0800. The predicted molar refractivity (Wildman–Crippen MR) is 83.2 cm³/mol. The SMILES string of the molecule is CC(C)(C)C1CCC(CN)(N2CCCCCC2)CC1. The van der Waals surface area contributed by atoms with Crippen LogP contribution in [0.5, 0.6) is 0 Å². The van der Waals surface area contributed by atoms with Crippen LogP contribution in [0.3, 0.4) is 0 Å². The number of hydrogen-bond acceptors (Lipinski definition) is 2. The molecule has 2 fully saturated rings. The lowest BCUT2D eigenvalue weighted by atomic mass is 9.66. The largest absolute Gasteiger partial charge is 0.329 e. The van der Waals surface area contributed by atoms with Crippen LogP contribution in [-0.2, 0) is 0 Å². The van der Waals surface area contributed by atoms with Crippen molar-refractivity contribution in [3.05, 3.63) is 0 Å². The van der Waals surface area contributed by atoms with Crippen LogP contribution in [0.4, 0.5) is 0 Å². The lowest BCUT2D eigenvalue weighted by molar-refractivity contribution is 0.0232. The Labute approximate surface area is 120 Å². The standard InChI is InChI=1S/C17H34N2/c1-16(2,3)15-8-10-17(14-18,11-9-15)19-12-6-4-5-7-13-19/h15H,4-14,18H2,1-3H3. The highest BCUT2D eigenvalue weighted by Gasteiger charge is 2.41. The highest BCUT2D eigenvalue weighted by Crippen LogP contribution is 2.43. The van der Waals surface area contributed by atoms with E-state index in [1.807, 2.05) is 0 Å². The van der Waals surface area contributed by atoms with E-state index in [2.05, 4.69) is 25.7 Å². The van der Waals surface area contributed by atoms with Gasteiger partial charge in [-0.25, -0.2) is 0 Å². The van der Waals surface area contributed by atoms with E-state index in [1.54, 1.807) is 0 Å². The van der Waals surface area contributed by atoms with Gasteiger partial charge >= 0.3 is 0 Å². The summed E-state index contributed by atoms with van der Waals surface area (Å²) < 4.78 is 0. The van der Waals surface area contributed by atoms with Crippen LogP contribution in [0.25, 0.3) is 0 Å². The van der Waals surface area contributed by atoms with Gasteiger partial charge in [0.1, 0.15) is 0 Å². The molecule has 0 aromatic carbocycles. The van der Waals surface area contributed by atoms with Gasteiger partial charge in [0, 0.05) is 12.1 Å². The van der Waals surface area contributed by atoms with Gasteiger partial charge in [-0.05, 0) is 62.9 Å². The fourth-order valence-electron chi connectivity index (χ4n) is 4.22. The average molecular weight is 266 g/mol. The fraction of sp³-hybridized carbons (Fsp3) is 1.00. The molecule has 0 amide bonds. The van der Waals surface area contributed by atoms with Gasteiger partial charge < -0.3 is 5.73 Å². The lowest BCUT2D eigenvalue weighted by Crippen LogP contribution is -2.56. The van der Waals surface area contributed by atoms with Crippen LogP contribution in [0.1, 0.15) is 72.1 Å². The maximum Gasteiger partial charge on any atom is 0.0331 e. The topological polar surface area (TPSA) is 29.3 Å². The van der Waals surface area contributed by atoms with Gasteiger partial charge in [-0.1, -0.05) is 33.6 Å². The number of nitrogens with two attached hydrogens (primary N) is 1. The van der Waals surface area contributed by atoms with Gasteiger partial charge in [-0.2, -0.15) is 0 Å². The third-order valence-electron chi connectivity index (χ3n) is 5.80. The van der Waals surface area contributed by atoms with Gasteiger partial charge in [0.15, 0.2) is 0 Å². The summed E-state index contributed by atoms with van der Waals surface area (Å²) in [5, 5.41) is 0. The fourth-order valence-corrected chi connectivity index (χ4v) is 4.22. The zero-order valence-corrected chi connectivity index (χ0v) is 13.4. The molecule has 2 rings (SSSR count). The summed E-state index contributed by atoms with van der Waals surface area (Å²) in [7, 11) is 0. The van der Waals surface area contributed by atoms with E-state index in [4.69, 9.17) is 5.73 Å². The molecule has 112 valence electrons. The monoisotopic (exact) mass is 266 g/mol. The highest BCUT2D eigenvalue weighted by atomic mass is 15.2. The molecule has 2 nitrogen and oxygen atoms in total. The third kappa shape index (κ3) is 3.52. The van der Waals surface area contributed by atoms with Gasteiger partial charge in [0.05, 0.1) is 0 Å². The van der Waals surface area contributed by atoms with Crippen molar-refractivity contribution in [1.29, 1.82) is 0 Å². The minimum absolute atomic E-state index is 0.339. The van der Waals surface area contributed by atoms with E-state index in [0.29, 0.717) is 11.0 Å². The van der Waals surface area contributed by atoms with Crippen molar-refractivity contribution in [2.45, 2.75) is 77.7 Å². The lowest BCUT2D eigenvalue weighted by Gasteiger charge is -2.49. The molecule has 1 heterocycles. The summed E-state index contributed by atoms with van der Waals surface area (Å²) in [6.45, 7) is 10.6. The Morgan fingerprint density at radius 1 is 1.00 bits per heavy atom. The molecule has 2 aliphatic rings. The Morgan fingerprint density at radius 2 is 1.53 bits per heavy atom. The Bertz CT molecular complexity index is 263. The zero-order chi connectivity index (χ0) is 13.9. The number of rotatable bonds is 2. The summed E-state index contributed by atoms with van der Waals surface area (Å²) in [5.74, 6) is 0.888. The van der Waals surface area contributed by atoms with Crippen LogP contribution >= 0.6 is 0 Å². The van der Waals surface area contributed by atoms with Crippen molar-refractivity contribution >= 4 is 0 Å². The quantitative estimate of drug-likeness (QED) is 0.824. The summed E-state index contributed by atoms with van der Waals surface area (Å²) in [5.41, 5.74) is 7.04. The molecular weight excluding hydrogens is 232 g/mol. The molecule has 0 radical (unpaired) electrons. The first kappa shape index (κ1) is 15.3. The number of nitrogens with zero attached hydrogens (tertiary/aromatic N) is 1.